The molecule has 1 N–H and O–H groups in total. The molecular formula is C16H19N3S. The van der Waals surface area contributed by atoms with Crippen LogP contribution in [0.2, 0.25) is 0 Å². The first-order chi connectivity index (χ1) is 9.66. The number of imidazole rings is 1. The number of nitrogens with zero attached hydrogens (tertiary/aromatic N) is 2. The fraction of sp³-hybridized carbons (Fsp3) is 0.312. The molecule has 104 valence electrons. The fourth-order valence-electron chi connectivity index (χ4n) is 2.45. The van der Waals surface area contributed by atoms with E-state index in [-0.39, 0.29) is 0 Å². The lowest BCUT2D eigenvalue weighted by molar-refractivity contribution is 0.548. The Morgan fingerprint density at radius 1 is 1.15 bits per heavy atom. The molecule has 0 aliphatic rings. The standard InChI is InChI=1S/C16H19N3S/c1-11(2)15(14-9-6-10-20-14)18-16-17-12-7-4-5-8-13(12)19(16)3/h4-11,15H,1-3H3,(H,17,18). The van der Waals surface area contributed by atoms with E-state index in [1.54, 1.807) is 11.3 Å². The summed E-state index contributed by atoms with van der Waals surface area (Å²) in [5.74, 6) is 1.44. The second-order valence-electron chi connectivity index (χ2n) is 5.36. The van der Waals surface area contributed by atoms with Crippen LogP contribution in [0.5, 0.6) is 0 Å². The zero-order valence-corrected chi connectivity index (χ0v) is 12.8. The molecule has 1 unspecified atom stereocenters. The maximum Gasteiger partial charge on any atom is 0.204 e. The number of thiophene rings is 1. The molecule has 0 radical (unpaired) electrons. The second kappa shape index (κ2) is 5.29. The highest BCUT2D eigenvalue weighted by Crippen LogP contribution is 2.30. The first-order valence-electron chi connectivity index (χ1n) is 6.88. The fourth-order valence-corrected chi connectivity index (χ4v) is 3.40. The molecule has 0 aliphatic carbocycles. The number of nitrogens with one attached hydrogen (secondary N) is 1. The first kappa shape index (κ1) is 13.2. The van der Waals surface area contributed by atoms with Gasteiger partial charge in [0.1, 0.15) is 0 Å². The van der Waals surface area contributed by atoms with Gasteiger partial charge in [0, 0.05) is 11.9 Å². The molecule has 3 aromatic rings. The molecule has 3 rings (SSSR count). The van der Waals surface area contributed by atoms with Crippen LogP contribution < -0.4 is 5.32 Å². The van der Waals surface area contributed by atoms with Crippen molar-refractivity contribution in [2.45, 2.75) is 19.9 Å². The number of aryl methyl sites for hydroxylation is 1. The summed E-state index contributed by atoms with van der Waals surface area (Å²) in [5.41, 5.74) is 2.19. The topological polar surface area (TPSA) is 29.9 Å². The molecule has 0 bridgehead atoms. The van der Waals surface area contributed by atoms with Gasteiger partial charge in [0.15, 0.2) is 0 Å². The Kier molecular flexibility index (Phi) is 3.49. The van der Waals surface area contributed by atoms with Crippen LogP contribution in [-0.2, 0) is 7.05 Å². The van der Waals surface area contributed by atoms with E-state index in [9.17, 15) is 0 Å². The third kappa shape index (κ3) is 2.31. The van der Waals surface area contributed by atoms with Crippen molar-refractivity contribution in [3.8, 4) is 0 Å². The molecular weight excluding hydrogens is 266 g/mol. The molecule has 1 aromatic carbocycles. The summed E-state index contributed by atoms with van der Waals surface area (Å²) >= 11 is 1.79. The molecule has 2 aromatic heterocycles. The van der Waals surface area contributed by atoms with Crippen molar-refractivity contribution in [1.29, 1.82) is 0 Å². The van der Waals surface area contributed by atoms with Gasteiger partial charge in [0.25, 0.3) is 0 Å². The minimum atomic E-state index is 0.297. The maximum absolute atomic E-state index is 4.70. The number of fused-ring (bicyclic) bond motifs is 1. The monoisotopic (exact) mass is 285 g/mol. The van der Waals surface area contributed by atoms with Crippen molar-refractivity contribution in [1.82, 2.24) is 9.55 Å². The predicted molar refractivity (Wildman–Crippen MR) is 86.2 cm³/mol. The van der Waals surface area contributed by atoms with E-state index in [2.05, 4.69) is 60.4 Å². The van der Waals surface area contributed by atoms with E-state index in [0.717, 1.165) is 17.0 Å². The van der Waals surface area contributed by atoms with Crippen LogP contribution in [0.25, 0.3) is 11.0 Å². The molecule has 20 heavy (non-hydrogen) atoms. The number of aromatic nitrogens is 2. The van der Waals surface area contributed by atoms with Gasteiger partial charge in [0.05, 0.1) is 17.1 Å². The lowest BCUT2D eigenvalue weighted by Crippen LogP contribution is -2.17. The molecule has 0 saturated heterocycles. The second-order valence-corrected chi connectivity index (χ2v) is 6.34. The number of anilines is 1. The molecule has 0 amide bonds. The van der Waals surface area contributed by atoms with Gasteiger partial charge in [-0.05, 0) is 29.5 Å². The van der Waals surface area contributed by atoms with Crippen molar-refractivity contribution in [3.63, 3.8) is 0 Å². The Morgan fingerprint density at radius 3 is 2.60 bits per heavy atom. The van der Waals surface area contributed by atoms with Crippen molar-refractivity contribution in [3.05, 3.63) is 46.7 Å². The Labute approximate surface area is 123 Å². The largest absolute Gasteiger partial charge is 0.348 e. The van der Waals surface area contributed by atoms with Gasteiger partial charge in [-0.3, -0.25) is 0 Å². The molecule has 4 heteroatoms. The van der Waals surface area contributed by atoms with Gasteiger partial charge in [0.2, 0.25) is 5.95 Å². The summed E-state index contributed by atoms with van der Waals surface area (Å²) in [6, 6.07) is 12.8. The Bertz CT molecular complexity index is 698. The SMILES string of the molecule is CC(C)C(Nc1nc2ccccc2n1C)c1cccs1. The van der Waals surface area contributed by atoms with Crippen molar-refractivity contribution in [2.75, 3.05) is 5.32 Å². The highest BCUT2D eigenvalue weighted by molar-refractivity contribution is 7.10. The molecule has 1 atom stereocenters. The van der Waals surface area contributed by atoms with Crippen molar-refractivity contribution in [2.24, 2.45) is 13.0 Å². The van der Waals surface area contributed by atoms with Crippen LogP contribution in [0.15, 0.2) is 41.8 Å². The highest BCUT2D eigenvalue weighted by Gasteiger charge is 2.19. The third-order valence-corrected chi connectivity index (χ3v) is 4.54. The normalized spacial score (nSPS) is 13.0. The quantitative estimate of drug-likeness (QED) is 0.768. The maximum atomic E-state index is 4.70. The van der Waals surface area contributed by atoms with Crippen molar-refractivity contribution < 1.29 is 0 Å². The molecule has 0 saturated carbocycles. The minimum absolute atomic E-state index is 0.297. The molecule has 3 nitrogen and oxygen atoms in total. The summed E-state index contributed by atoms with van der Waals surface area (Å²) < 4.78 is 2.12. The summed E-state index contributed by atoms with van der Waals surface area (Å²) in [4.78, 5) is 6.05. The van der Waals surface area contributed by atoms with E-state index in [1.165, 1.54) is 4.88 Å². The molecule has 0 fully saturated rings. The lowest BCUT2D eigenvalue weighted by Gasteiger charge is -2.21. The Hall–Kier alpha value is -1.81. The number of hydrogen-bond donors (Lipinski definition) is 1. The van der Waals surface area contributed by atoms with E-state index >= 15 is 0 Å². The van der Waals surface area contributed by atoms with Crippen LogP contribution in [0, 0.1) is 5.92 Å². The summed E-state index contributed by atoms with van der Waals surface area (Å²) in [6.45, 7) is 4.47. The Balaban J connectivity index is 1.97. The van der Waals surface area contributed by atoms with Gasteiger partial charge >= 0.3 is 0 Å². The van der Waals surface area contributed by atoms with Gasteiger partial charge in [-0.15, -0.1) is 11.3 Å². The van der Waals surface area contributed by atoms with Crippen LogP contribution in [-0.4, -0.2) is 9.55 Å². The number of rotatable bonds is 4. The number of para-hydroxylation sites is 2. The smallest absolute Gasteiger partial charge is 0.204 e. The molecule has 0 aliphatic heterocycles. The highest BCUT2D eigenvalue weighted by atomic mass is 32.1. The predicted octanol–water partition coefficient (Wildman–Crippen LogP) is 4.44. The van der Waals surface area contributed by atoms with E-state index in [0.29, 0.717) is 12.0 Å². The van der Waals surface area contributed by atoms with E-state index < -0.39 is 0 Å². The van der Waals surface area contributed by atoms with Crippen LogP contribution in [0.4, 0.5) is 5.95 Å². The van der Waals surface area contributed by atoms with Crippen molar-refractivity contribution >= 4 is 28.3 Å². The summed E-state index contributed by atoms with van der Waals surface area (Å²) in [5, 5.41) is 5.73. The Morgan fingerprint density at radius 2 is 1.95 bits per heavy atom. The lowest BCUT2D eigenvalue weighted by atomic mass is 10.0. The zero-order chi connectivity index (χ0) is 14.1. The van der Waals surface area contributed by atoms with Gasteiger partial charge in [-0.2, -0.15) is 0 Å². The van der Waals surface area contributed by atoms with Crippen LogP contribution in [0.1, 0.15) is 24.8 Å². The van der Waals surface area contributed by atoms with Crippen LogP contribution >= 0.6 is 11.3 Å². The van der Waals surface area contributed by atoms with Gasteiger partial charge < -0.3 is 9.88 Å². The minimum Gasteiger partial charge on any atom is -0.348 e. The van der Waals surface area contributed by atoms with Crippen LogP contribution in [0.3, 0.4) is 0 Å². The van der Waals surface area contributed by atoms with Gasteiger partial charge in [-0.1, -0.05) is 32.0 Å². The average molecular weight is 285 g/mol. The summed E-state index contributed by atoms with van der Waals surface area (Å²) in [6.07, 6.45) is 0. The number of hydrogen-bond acceptors (Lipinski definition) is 3. The van der Waals surface area contributed by atoms with E-state index in [1.807, 2.05) is 12.1 Å². The zero-order valence-electron chi connectivity index (χ0n) is 12.0. The van der Waals surface area contributed by atoms with Gasteiger partial charge in [-0.25, -0.2) is 4.98 Å². The number of benzene rings is 1. The van der Waals surface area contributed by atoms with E-state index in [4.69, 9.17) is 4.98 Å². The third-order valence-electron chi connectivity index (χ3n) is 3.59. The molecule has 0 spiro atoms. The average Bonchev–Trinajstić information content (AvgIpc) is 3.05. The summed E-state index contributed by atoms with van der Waals surface area (Å²) in [7, 11) is 2.06. The molecule has 2 heterocycles. The first-order valence-corrected chi connectivity index (χ1v) is 7.76.